The van der Waals surface area contributed by atoms with Gasteiger partial charge in [0.1, 0.15) is 0 Å². The van der Waals surface area contributed by atoms with Gasteiger partial charge < -0.3 is 19.5 Å². The van der Waals surface area contributed by atoms with Crippen LogP contribution in [0.2, 0.25) is 0 Å². The van der Waals surface area contributed by atoms with Gasteiger partial charge in [0.05, 0.1) is 24.8 Å². The number of benzene rings is 1. The number of oxazole rings is 1. The van der Waals surface area contributed by atoms with Crippen molar-refractivity contribution in [2.24, 2.45) is 0 Å². The summed E-state index contributed by atoms with van der Waals surface area (Å²) in [5.41, 5.74) is 1.85. The number of likely N-dealkylation sites (N-methyl/N-ethyl adjacent to an activating group) is 1. The third-order valence-electron chi connectivity index (χ3n) is 2.78. The number of aliphatic hydroxyl groups is 2. The van der Waals surface area contributed by atoms with Crippen LogP contribution in [0.3, 0.4) is 0 Å². The summed E-state index contributed by atoms with van der Waals surface area (Å²) in [6.45, 7) is -0.292. The average Bonchev–Trinajstić information content (AvgIpc) is 2.69. The number of fused-ring (bicyclic) bond motifs is 1. The van der Waals surface area contributed by atoms with Crippen molar-refractivity contribution in [3.63, 3.8) is 0 Å². The van der Waals surface area contributed by atoms with Crippen molar-refractivity contribution in [1.82, 2.24) is 4.98 Å². The molecular weight excluding hydrogens is 224 g/mol. The van der Waals surface area contributed by atoms with E-state index in [1.165, 1.54) is 0 Å². The van der Waals surface area contributed by atoms with Gasteiger partial charge >= 0.3 is 5.76 Å². The molecule has 0 saturated carbocycles. The van der Waals surface area contributed by atoms with Crippen LogP contribution in [0.25, 0.3) is 11.1 Å². The zero-order valence-electron chi connectivity index (χ0n) is 9.38. The molecule has 0 amide bonds. The van der Waals surface area contributed by atoms with Crippen LogP contribution in [0.4, 0.5) is 5.69 Å². The Morgan fingerprint density at radius 2 is 2.12 bits per heavy atom. The Morgan fingerprint density at radius 3 is 2.76 bits per heavy atom. The number of H-pyrrole nitrogens is 1. The Balaban J connectivity index is 2.38. The van der Waals surface area contributed by atoms with E-state index in [1.807, 2.05) is 0 Å². The first kappa shape index (κ1) is 11.7. The largest absolute Gasteiger partial charge is 0.417 e. The normalized spacial score (nSPS) is 11.3. The standard InChI is InChI=1S/C11H14N2O4/c1-13(8(5-14)6-15)7-2-3-10-9(4-7)12-11(16)17-10/h2-4,8,14-15H,5-6H2,1H3,(H,12,16). The summed E-state index contributed by atoms with van der Waals surface area (Å²) in [6, 6.07) is 4.80. The molecule has 1 heterocycles. The molecule has 2 aromatic rings. The van der Waals surface area contributed by atoms with Crippen molar-refractivity contribution >= 4 is 16.8 Å². The van der Waals surface area contributed by atoms with Gasteiger partial charge in [-0.05, 0) is 18.2 Å². The van der Waals surface area contributed by atoms with E-state index in [-0.39, 0.29) is 19.3 Å². The van der Waals surface area contributed by atoms with Gasteiger partial charge in [-0.15, -0.1) is 0 Å². The van der Waals surface area contributed by atoms with Crippen LogP contribution in [-0.2, 0) is 0 Å². The lowest BCUT2D eigenvalue weighted by atomic mass is 10.2. The molecule has 2 rings (SSSR count). The second-order valence-corrected chi connectivity index (χ2v) is 3.82. The van der Waals surface area contributed by atoms with Crippen LogP contribution in [0.1, 0.15) is 0 Å². The number of nitrogens with one attached hydrogen (secondary N) is 1. The highest BCUT2D eigenvalue weighted by atomic mass is 16.4. The van der Waals surface area contributed by atoms with Crippen molar-refractivity contribution in [2.75, 3.05) is 25.2 Å². The van der Waals surface area contributed by atoms with Gasteiger partial charge in [0.2, 0.25) is 0 Å². The number of hydrogen-bond acceptors (Lipinski definition) is 5. The lowest BCUT2D eigenvalue weighted by Crippen LogP contribution is -2.37. The Labute approximate surface area is 97.1 Å². The molecule has 0 saturated heterocycles. The number of hydrogen-bond donors (Lipinski definition) is 3. The smallest absolute Gasteiger partial charge is 0.408 e. The third kappa shape index (κ3) is 2.17. The molecule has 6 heteroatoms. The van der Waals surface area contributed by atoms with E-state index in [0.717, 1.165) is 5.69 Å². The highest BCUT2D eigenvalue weighted by Crippen LogP contribution is 2.20. The number of aromatic amines is 1. The Bertz CT molecular complexity index is 556. The van der Waals surface area contributed by atoms with E-state index in [9.17, 15) is 4.79 Å². The third-order valence-corrected chi connectivity index (χ3v) is 2.78. The lowest BCUT2D eigenvalue weighted by molar-refractivity contribution is 0.191. The minimum Gasteiger partial charge on any atom is -0.408 e. The first-order valence-corrected chi connectivity index (χ1v) is 5.23. The van der Waals surface area contributed by atoms with Gasteiger partial charge in [-0.2, -0.15) is 0 Å². The summed E-state index contributed by atoms with van der Waals surface area (Å²) in [5, 5.41) is 18.2. The van der Waals surface area contributed by atoms with Crippen LogP contribution in [0.5, 0.6) is 0 Å². The van der Waals surface area contributed by atoms with Crippen LogP contribution in [0.15, 0.2) is 27.4 Å². The van der Waals surface area contributed by atoms with Crippen LogP contribution in [-0.4, -0.2) is 41.5 Å². The molecule has 0 fully saturated rings. The molecule has 92 valence electrons. The fourth-order valence-electron chi connectivity index (χ4n) is 1.67. The first-order chi connectivity index (χ1) is 8.15. The molecule has 0 radical (unpaired) electrons. The number of anilines is 1. The van der Waals surface area contributed by atoms with Crippen LogP contribution >= 0.6 is 0 Å². The second kappa shape index (κ2) is 4.60. The summed E-state index contributed by atoms with van der Waals surface area (Å²) in [7, 11) is 1.76. The van der Waals surface area contributed by atoms with Gasteiger partial charge in [0.25, 0.3) is 0 Å². The maximum absolute atomic E-state index is 11.0. The maximum Gasteiger partial charge on any atom is 0.417 e. The van der Waals surface area contributed by atoms with E-state index in [2.05, 4.69) is 4.98 Å². The predicted octanol–water partition coefficient (Wildman–Crippen LogP) is -0.0895. The van der Waals surface area contributed by atoms with Crippen LogP contribution < -0.4 is 10.7 Å². The van der Waals surface area contributed by atoms with E-state index in [0.29, 0.717) is 11.1 Å². The predicted molar refractivity (Wildman–Crippen MR) is 63.2 cm³/mol. The van der Waals surface area contributed by atoms with Crippen molar-refractivity contribution < 1.29 is 14.6 Å². The molecule has 0 spiro atoms. The Morgan fingerprint density at radius 1 is 1.41 bits per heavy atom. The zero-order valence-corrected chi connectivity index (χ0v) is 9.38. The molecule has 0 unspecified atom stereocenters. The fraction of sp³-hybridized carbons (Fsp3) is 0.364. The summed E-state index contributed by atoms with van der Waals surface area (Å²) in [5.74, 6) is -0.499. The molecule has 0 aliphatic carbocycles. The highest BCUT2D eigenvalue weighted by Gasteiger charge is 2.14. The van der Waals surface area contributed by atoms with Gasteiger partial charge in [-0.25, -0.2) is 4.79 Å². The molecule has 1 aromatic heterocycles. The summed E-state index contributed by atoms with van der Waals surface area (Å²) in [6.07, 6.45) is 0. The van der Waals surface area contributed by atoms with E-state index in [4.69, 9.17) is 14.6 Å². The monoisotopic (exact) mass is 238 g/mol. The highest BCUT2D eigenvalue weighted by molar-refractivity contribution is 5.77. The van der Waals surface area contributed by atoms with Gasteiger partial charge in [0.15, 0.2) is 5.58 Å². The Hall–Kier alpha value is -1.79. The van der Waals surface area contributed by atoms with Crippen molar-refractivity contribution in [2.45, 2.75) is 6.04 Å². The first-order valence-electron chi connectivity index (χ1n) is 5.23. The maximum atomic E-state index is 11.0. The summed E-state index contributed by atoms with van der Waals surface area (Å²) >= 11 is 0. The van der Waals surface area contributed by atoms with E-state index < -0.39 is 5.76 Å². The van der Waals surface area contributed by atoms with Crippen molar-refractivity contribution in [1.29, 1.82) is 0 Å². The molecule has 0 aliphatic heterocycles. The van der Waals surface area contributed by atoms with Crippen LogP contribution in [0, 0.1) is 0 Å². The summed E-state index contributed by atoms with van der Waals surface area (Å²) < 4.78 is 4.89. The quantitative estimate of drug-likeness (QED) is 0.692. The molecular formula is C11H14N2O4. The molecule has 0 bridgehead atoms. The lowest BCUT2D eigenvalue weighted by Gasteiger charge is -2.26. The van der Waals surface area contributed by atoms with Gasteiger partial charge in [-0.3, -0.25) is 4.98 Å². The van der Waals surface area contributed by atoms with Crippen molar-refractivity contribution in [3.05, 3.63) is 28.7 Å². The minimum atomic E-state index is -0.499. The number of aliphatic hydroxyl groups excluding tert-OH is 2. The van der Waals surface area contributed by atoms with Crippen molar-refractivity contribution in [3.8, 4) is 0 Å². The van der Waals surface area contributed by atoms with E-state index >= 15 is 0 Å². The number of aromatic nitrogens is 1. The molecule has 3 N–H and O–H groups in total. The molecule has 0 aliphatic rings. The van der Waals surface area contributed by atoms with Gasteiger partial charge in [-0.1, -0.05) is 0 Å². The Kier molecular flexibility index (Phi) is 3.16. The molecule has 6 nitrogen and oxygen atoms in total. The SMILES string of the molecule is CN(c1ccc2oc(=O)[nH]c2c1)C(CO)CO. The molecule has 0 atom stereocenters. The average molecular weight is 238 g/mol. The fourth-order valence-corrected chi connectivity index (χ4v) is 1.67. The minimum absolute atomic E-state index is 0.146. The zero-order chi connectivity index (χ0) is 12.4. The topological polar surface area (TPSA) is 89.7 Å². The number of rotatable bonds is 4. The van der Waals surface area contributed by atoms with E-state index in [1.54, 1.807) is 30.1 Å². The molecule has 17 heavy (non-hydrogen) atoms. The van der Waals surface area contributed by atoms with Gasteiger partial charge in [0, 0.05) is 12.7 Å². The summed E-state index contributed by atoms with van der Waals surface area (Å²) in [4.78, 5) is 15.3. The second-order valence-electron chi connectivity index (χ2n) is 3.82. The molecule has 1 aromatic carbocycles. The number of nitrogens with zero attached hydrogens (tertiary/aromatic N) is 1.